The van der Waals surface area contributed by atoms with Gasteiger partial charge in [-0.1, -0.05) is 19.3 Å². The van der Waals surface area contributed by atoms with E-state index in [1.807, 2.05) is 18.4 Å². The highest BCUT2D eigenvalue weighted by Crippen LogP contribution is 2.40. The van der Waals surface area contributed by atoms with E-state index in [0.717, 1.165) is 12.3 Å². The van der Waals surface area contributed by atoms with Gasteiger partial charge in [-0.3, -0.25) is 0 Å². The molecular formula is C16H28N2OS. The standard InChI is InChI=1S/C16H28N2OS/c1-5-19-14(13-9-7-6-8-10-13)16-18-12(3)15(20-16)11(2)17-4/h11,13-14,17H,5-10H2,1-4H3. The van der Waals surface area contributed by atoms with E-state index >= 15 is 0 Å². The van der Waals surface area contributed by atoms with Crippen LogP contribution in [0.2, 0.25) is 0 Å². The molecule has 0 amide bonds. The minimum Gasteiger partial charge on any atom is -0.371 e. The number of nitrogens with zero attached hydrogens (tertiary/aromatic N) is 1. The first-order valence-electron chi connectivity index (χ1n) is 7.93. The number of rotatable bonds is 6. The van der Waals surface area contributed by atoms with Crippen molar-refractivity contribution in [3.8, 4) is 0 Å². The van der Waals surface area contributed by atoms with Gasteiger partial charge in [0.25, 0.3) is 0 Å². The Morgan fingerprint density at radius 3 is 2.65 bits per heavy atom. The quantitative estimate of drug-likeness (QED) is 0.845. The SMILES string of the molecule is CCOC(c1nc(C)c(C(C)NC)s1)C1CCCCC1. The lowest BCUT2D eigenvalue weighted by molar-refractivity contribution is 0.00545. The molecule has 0 bridgehead atoms. The summed E-state index contributed by atoms with van der Waals surface area (Å²) >= 11 is 1.84. The molecule has 2 rings (SSSR count). The molecule has 0 aliphatic heterocycles. The van der Waals surface area contributed by atoms with Crippen molar-refractivity contribution in [2.24, 2.45) is 5.92 Å². The molecule has 1 aliphatic rings. The Hall–Kier alpha value is -0.450. The molecular weight excluding hydrogens is 268 g/mol. The van der Waals surface area contributed by atoms with Crippen molar-refractivity contribution >= 4 is 11.3 Å². The van der Waals surface area contributed by atoms with Crippen LogP contribution in [0.1, 0.15) is 73.7 Å². The van der Waals surface area contributed by atoms with Gasteiger partial charge in [0, 0.05) is 17.5 Å². The van der Waals surface area contributed by atoms with E-state index in [2.05, 4.69) is 26.1 Å². The Morgan fingerprint density at radius 2 is 2.05 bits per heavy atom. The fraction of sp³-hybridized carbons (Fsp3) is 0.812. The van der Waals surface area contributed by atoms with Crippen molar-refractivity contribution in [1.82, 2.24) is 10.3 Å². The van der Waals surface area contributed by atoms with Gasteiger partial charge in [0.15, 0.2) is 0 Å². The van der Waals surface area contributed by atoms with E-state index in [-0.39, 0.29) is 6.10 Å². The Labute approximate surface area is 127 Å². The van der Waals surface area contributed by atoms with Crippen LogP contribution in [0.5, 0.6) is 0 Å². The molecule has 20 heavy (non-hydrogen) atoms. The summed E-state index contributed by atoms with van der Waals surface area (Å²) in [7, 11) is 2.00. The molecule has 114 valence electrons. The van der Waals surface area contributed by atoms with Gasteiger partial charge in [0.05, 0.1) is 5.69 Å². The number of hydrogen-bond acceptors (Lipinski definition) is 4. The molecule has 1 aromatic rings. The second-order valence-electron chi connectivity index (χ2n) is 5.79. The highest BCUT2D eigenvalue weighted by Gasteiger charge is 2.29. The van der Waals surface area contributed by atoms with Crippen LogP contribution in [0.25, 0.3) is 0 Å². The molecule has 0 radical (unpaired) electrons. The van der Waals surface area contributed by atoms with E-state index in [1.165, 1.54) is 42.0 Å². The first-order chi connectivity index (χ1) is 9.67. The number of hydrogen-bond donors (Lipinski definition) is 1. The van der Waals surface area contributed by atoms with Crippen LogP contribution in [0.4, 0.5) is 0 Å². The minimum absolute atomic E-state index is 0.210. The van der Waals surface area contributed by atoms with Crippen molar-refractivity contribution < 1.29 is 4.74 Å². The Balaban J connectivity index is 2.20. The zero-order valence-corrected chi connectivity index (χ0v) is 14.1. The maximum absolute atomic E-state index is 6.08. The van der Waals surface area contributed by atoms with Gasteiger partial charge in [-0.25, -0.2) is 4.98 Å². The Morgan fingerprint density at radius 1 is 1.35 bits per heavy atom. The van der Waals surface area contributed by atoms with E-state index in [9.17, 15) is 0 Å². The van der Waals surface area contributed by atoms with Crippen LogP contribution in [0, 0.1) is 12.8 Å². The molecule has 4 heteroatoms. The fourth-order valence-electron chi connectivity index (χ4n) is 3.11. The Bertz CT molecular complexity index is 413. The molecule has 0 spiro atoms. The summed E-state index contributed by atoms with van der Waals surface area (Å²) in [5.74, 6) is 0.659. The maximum Gasteiger partial charge on any atom is 0.122 e. The minimum atomic E-state index is 0.210. The molecule has 0 aromatic carbocycles. The van der Waals surface area contributed by atoms with Crippen molar-refractivity contribution in [2.45, 2.75) is 65.0 Å². The summed E-state index contributed by atoms with van der Waals surface area (Å²) in [5.41, 5.74) is 1.16. The number of aryl methyl sites for hydroxylation is 1. The lowest BCUT2D eigenvalue weighted by atomic mass is 9.85. The predicted molar refractivity (Wildman–Crippen MR) is 85.3 cm³/mol. The average molecular weight is 296 g/mol. The molecule has 2 unspecified atom stereocenters. The largest absolute Gasteiger partial charge is 0.371 e. The summed E-state index contributed by atoms with van der Waals surface area (Å²) in [6.45, 7) is 7.18. The van der Waals surface area contributed by atoms with Gasteiger partial charge >= 0.3 is 0 Å². The van der Waals surface area contributed by atoms with Gasteiger partial charge in [-0.2, -0.15) is 0 Å². The fourth-order valence-corrected chi connectivity index (χ4v) is 4.38. The van der Waals surface area contributed by atoms with E-state index in [4.69, 9.17) is 9.72 Å². The topological polar surface area (TPSA) is 34.1 Å². The molecule has 1 heterocycles. The van der Waals surface area contributed by atoms with Gasteiger partial charge < -0.3 is 10.1 Å². The van der Waals surface area contributed by atoms with Gasteiger partial charge in [0.2, 0.25) is 0 Å². The highest BCUT2D eigenvalue weighted by molar-refractivity contribution is 7.11. The van der Waals surface area contributed by atoms with Crippen LogP contribution >= 0.6 is 11.3 Å². The predicted octanol–water partition coefficient (Wildman–Crippen LogP) is 4.39. The van der Waals surface area contributed by atoms with E-state index in [0.29, 0.717) is 12.0 Å². The number of nitrogens with one attached hydrogen (secondary N) is 1. The molecule has 1 N–H and O–H groups in total. The second-order valence-corrected chi connectivity index (χ2v) is 6.85. The molecule has 1 aromatic heterocycles. The molecule has 1 fully saturated rings. The molecule has 1 saturated carbocycles. The first-order valence-corrected chi connectivity index (χ1v) is 8.75. The van der Waals surface area contributed by atoms with Crippen LogP contribution in [0.3, 0.4) is 0 Å². The van der Waals surface area contributed by atoms with Gasteiger partial charge in [0.1, 0.15) is 11.1 Å². The normalized spacial score (nSPS) is 20.0. The van der Waals surface area contributed by atoms with Crippen LogP contribution in [-0.4, -0.2) is 18.6 Å². The van der Waals surface area contributed by atoms with Crippen LogP contribution < -0.4 is 5.32 Å². The van der Waals surface area contributed by atoms with Crippen molar-refractivity contribution in [3.63, 3.8) is 0 Å². The summed E-state index contributed by atoms with van der Waals surface area (Å²) in [6, 6.07) is 0.370. The number of thiazole rings is 1. The molecule has 1 aliphatic carbocycles. The monoisotopic (exact) mass is 296 g/mol. The maximum atomic E-state index is 6.08. The summed E-state index contributed by atoms with van der Waals surface area (Å²) in [4.78, 5) is 6.18. The van der Waals surface area contributed by atoms with Gasteiger partial charge in [-0.15, -0.1) is 11.3 Å². The second kappa shape index (κ2) is 7.53. The smallest absolute Gasteiger partial charge is 0.122 e. The van der Waals surface area contributed by atoms with Crippen molar-refractivity contribution in [2.75, 3.05) is 13.7 Å². The first kappa shape index (κ1) is 15.9. The molecule has 2 atom stereocenters. The van der Waals surface area contributed by atoms with Gasteiger partial charge in [-0.05, 0) is 46.6 Å². The lowest BCUT2D eigenvalue weighted by Crippen LogP contribution is -2.19. The average Bonchev–Trinajstić information content (AvgIpc) is 2.86. The van der Waals surface area contributed by atoms with Crippen LogP contribution in [0.15, 0.2) is 0 Å². The molecule has 0 saturated heterocycles. The van der Waals surface area contributed by atoms with E-state index < -0.39 is 0 Å². The Kier molecular flexibility index (Phi) is 6.00. The number of ether oxygens (including phenoxy) is 1. The third-order valence-electron chi connectivity index (χ3n) is 4.34. The van der Waals surface area contributed by atoms with E-state index in [1.54, 1.807) is 0 Å². The third kappa shape index (κ3) is 3.60. The van der Waals surface area contributed by atoms with Crippen LogP contribution in [-0.2, 0) is 4.74 Å². The van der Waals surface area contributed by atoms with Crippen molar-refractivity contribution in [1.29, 1.82) is 0 Å². The summed E-state index contributed by atoms with van der Waals surface area (Å²) < 4.78 is 6.08. The zero-order valence-electron chi connectivity index (χ0n) is 13.2. The summed E-state index contributed by atoms with van der Waals surface area (Å²) in [6.07, 6.45) is 6.87. The summed E-state index contributed by atoms with van der Waals surface area (Å²) in [5, 5.41) is 4.50. The number of aromatic nitrogens is 1. The lowest BCUT2D eigenvalue weighted by Gasteiger charge is -2.28. The highest BCUT2D eigenvalue weighted by atomic mass is 32.1. The molecule has 3 nitrogen and oxygen atoms in total. The van der Waals surface area contributed by atoms with Crippen molar-refractivity contribution in [3.05, 3.63) is 15.6 Å². The zero-order chi connectivity index (χ0) is 14.5. The third-order valence-corrected chi connectivity index (χ3v) is 5.74.